The van der Waals surface area contributed by atoms with E-state index in [-0.39, 0.29) is 24.5 Å². The van der Waals surface area contributed by atoms with E-state index in [0.717, 1.165) is 6.42 Å². The number of carbonyl (C=O) groups excluding carboxylic acids is 1. The van der Waals surface area contributed by atoms with Gasteiger partial charge >= 0.3 is 12.0 Å². The summed E-state index contributed by atoms with van der Waals surface area (Å²) in [5, 5.41) is 8.86. The Morgan fingerprint density at radius 3 is 2.56 bits per heavy atom. The third kappa shape index (κ3) is 4.18. The lowest BCUT2D eigenvalue weighted by Crippen LogP contribution is -2.49. The molecule has 0 bridgehead atoms. The summed E-state index contributed by atoms with van der Waals surface area (Å²) in [4.78, 5) is 26.0. The number of hydrogen-bond donors (Lipinski definition) is 1. The van der Waals surface area contributed by atoms with E-state index >= 15 is 0 Å². The topological polar surface area (TPSA) is 70.1 Å². The van der Waals surface area contributed by atoms with Crippen LogP contribution in [-0.4, -0.2) is 66.3 Å². The Morgan fingerprint density at radius 1 is 1.44 bits per heavy atom. The maximum atomic E-state index is 12.2. The Labute approximate surface area is 107 Å². The fraction of sp³-hybridized carbons (Fsp3) is 0.833. The second-order valence-corrected chi connectivity index (χ2v) is 5.08. The van der Waals surface area contributed by atoms with Crippen LogP contribution < -0.4 is 0 Å². The number of nitrogens with zero attached hydrogens (tertiary/aromatic N) is 2. The lowest BCUT2D eigenvalue weighted by Gasteiger charge is -2.31. The molecule has 1 N–H and O–H groups in total. The molecular weight excluding hydrogens is 236 g/mol. The molecule has 1 aliphatic rings. The van der Waals surface area contributed by atoms with Crippen molar-refractivity contribution in [3.8, 4) is 0 Å². The van der Waals surface area contributed by atoms with Crippen LogP contribution >= 0.6 is 0 Å². The molecule has 0 saturated carbocycles. The van der Waals surface area contributed by atoms with Crippen molar-refractivity contribution in [1.82, 2.24) is 9.80 Å². The van der Waals surface area contributed by atoms with E-state index in [1.165, 1.54) is 4.90 Å². The molecule has 1 unspecified atom stereocenters. The summed E-state index contributed by atoms with van der Waals surface area (Å²) in [5.74, 6) is -0.749. The number of rotatable bonds is 5. The van der Waals surface area contributed by atoms with Crippen LogP contribution in [0.1, 0.15) is 20.3 Å². The van der Waals surface area contributed by atoms with E-state index in [2.05, 4.69) is 0 Å². The van der Waals surface area contributed by atoms with E-state index in [1.54, 1.807) is 11.9 Å². The summed E-state index contributed by atoms with van der Waals surface area (Å²) in [5.41, 5.74) is 0. The summed E-state index contributed by atoms with van der Waals surface area (Å²) < 4.78 is 5.24. The number of hydrogen-bond acceptors (Lipinski definition) is 3. The quantitative estimate of drug-likeness (QED) is 0.794. The number of carbonyl (C=O) groups is 2. The highest BCUT2D eigenvalue weighted by Crippen LogP contribution is 2.13. The second-order valence-electron chi connectivity index (χ2n) is 5.08. The fourth-order valence-corrected chi connectivity index (χ4v) is 2.02. The number of carboxylic acid groups (broad SMARTS) is 1. The average Bonchev–Trinajstić information content (AvgIpc) is 2.78. The standard InChI is InChI=1S/C12H22N2O4/c1-9(2)6-14(7-11(15)16)12(17)13(3)10-4-5-18-8-10/h9-10H,4-8H2,1-3H3,(H,15,16). The normalized spacial score (nSPS) is 19.0. The average molecular weight is 258 g/mol. The van der Waals surface area contributed by atoms with Crippen molar-refractivity contribution >= 4 is 12.0 Å². The monoisotopic (exact) mass is 258 g/mol. The van der Waals surface area contributed by atoms with Crippen LogP contribution in [-0.2, 0) is 9.53 Å². The van der Waals surface area contributed by atoms with Crippen LogP contribution in [0.15, 0.2) is 0 Å². The summed E-state index contributed by atoms with van der Waals surface area (Å²) in [6.45, 7) is 5.30. The largest absolute Gasteiger partial charge is 0.480 e. The summed E-state index contributed by atoms with van der Waals surface area (Å²) in [6.07, 6.45) is 0.810. The first kappa shape index (κ1) is 14.8. The molecule has 0 aromatic rings. The molecule has 104 valence electrons. The Bertz CT molecular complexity index is 300. The zero-order valence-corrected chi connectivity index (χ0v) is 11.3. The third-order valence-corrected chi connectivity index (χ3v) is 2.94. The molecule has 18 heavy (non-hydrogen) atoms. The summed E-state index contributed by atoms with van der Waals surface area (Å²) in [6, 6.07) is -0.178. The van der Waals surface area contributed by atoms with Crippen molar-refractivity contribution in [2.45, 2.75) is 26.3 Å². The van der Waals surface area contributed by atoms with Gasteiger partial charge in [-0.3, -0.25) is 4.79 Å². The molecule has 1 saturated heterocycles. The zero-order valence-electron chi connectivity index (χ0n) is 11.3. The Kier molecular flexibility index (Phi) is 5.40. The summed E-state index contributed by atoms with van der Waals surface area (Å²) >= 11 is 0. The second kappa shape index (κ2) is 6.58. The van der Waals surface area contributed by atoms with Gasteiger partial charge in [0.25, 0.3) is 0 Å². The number of ether oxygens (including phenoxy) is 1. The third-order valence-electron chi connectivity index (χ3n) is 2.94. The smallest absolute Gasteiger partial charge is 0.323 e. The molecule has 1 fully saturated rings. The molecule has 2 amide bonds. The molecule has 1 heterocycles. The van der Waals surface area contributed by atoms with E-state index in [0.29, 0.717) is 19.8 Å². The fourth-order valence-electron chi connectivity index (χ4n) is 2.02. The van der Waals surface area contributed by atoms with Gasteiger partial charge in [-0.1, -0.05) is 13.8 Å². The van der Waals surface area contributed by atoms with Gasteiger partial charge in [-0.25, -0.2) is 4.79 Å². The Morgan fingerprint density at radius 2 is 2.11 bits per heavy atom. The van der Waals surface area contributed by atoms with E-state index in [4.69, 9.17) is 9.84 Å². The van der Waals surface area contributed by atoms with Crippen LogP contribution in [0.3, 0.4) is 0 Å². The predicted octanol–water partition coefficient (Wildman–Crippen LogP) is 0.870. The molecular formula is C12H22N2O4. The molecule has 6 nitrogen and oxygen atoms in total. The number of urea groups is 1. The van der Waals surface area contributed by atoms with Crippen LogP contribution in [0.25, 0.3) is 0 Å². The highest BCUT2D eigenvalue weighted by Gasteiger charge is 2.28. The molecule has 0 aromatic carbocycles. The highest BCUT2D eigenvalue weighted by atomic mass is 16.5. The minimum absolute atomic E-state index is 0.0564. The molecule has 6 heteroatoms. The molecule has 0 spiro atoms. The zero-order chi connectivity index (χ0) is 13.7. The van der Waals surface area contributed by atoms with Crippen LogP contribution in [0.2, 0.25) is 0 Å². The number of aliphatic carboxylic acids is 1. The van der Waals surface area contributed by atoms with Gasteiger partial charge in [-0.05, 0) is 12.3 Å². The Balaban J connectivity index is 2.64. The van der Waals surface area contributed by atoms with Crippen molar-refractivity contribution in [2.24, 2.45) is 5.92 Å². The maximum absolute atomic E-state index is 12.2. The number of amides is 2. The molecule has 0 aromatic heterocycles. The SMILES string of the molecule is CC(C)CN(CC(=O)O)C(=O)N(C)C1CCOC1. The molecule has 1 rings (SSSR count). The van der Waals surface area contributed by atoms with Crippen molar-refractivity contribution < 1.29 is 19.4 Å². The molecule has 1 aliphatic heterocycles. The molecule has 0 radical (unpaired) electrons. The first-order valence-corrected chi connectivity index (χ1v) is 6.23. The van der Waals surface area contributed by atoms with Gasteiger partial charge in [-0.2, -0.15) is 0 Å². The Hall–Kier alpha value is -1.30. The first-order valence-electron chi connectivity index (χ1n) is 6.23. The van der Waals surface area contributed by atoms with Gasteiger partial charge in [0, 0.05) is 20.2 Å². The highest BCUT2D eigenvalue weighted by molar-refractivity contribution is 5.80. The van der Waals surface area contributed by atoms with Crippen LogP contribution in [0.4, 0.5) is 4.79 Å². The number of likely N-dealkylation sites (N-methyl/N-ethyl adjacent to an activating group) is 1. The van der Waals surface area contributed by atoms with Gasteiger partial charge in [0.2, 0.25) is 0 Å². The lowest BCUT2D eigenvalue weighted by molar-refractivity contribution is -0.137. The first-order chi connectivity index (χ1) is 8.41. The van der Waals surface area contributed by atoms with E-state index < -0.39 is 5.97 Å². The van der Waals surface area contributed by atoms with Crippen LogP contribution in [0, 0.1) is 5.92 Å². The van der Waals surface area contributed by atoms with Crippen LogP contribution in [0.5, 0.6) is 0 Å². The maximum Gasteiger partial charge on any atom is 0.323 e. The van der Waals surface area contributed by atoms with E-state index in [1.807, 2.05) is 13.8 Å². The van der Waals surface area contributed by atoms with Crippen molar-refractivity contribution in [2.75, 3.05) is 33.4 Å². The predicted molar refractivity (Wildman–Crippen MR) is 66.4 cm³/mol. The van der Waals surface area contributed by atoms with Crippen molar-refractivity contribution in [3.05, 3.63) is 0 Å². The number of carboxylic acids is 1. The minimum atomic E-state index is -0.986. The van der Waals surface area contributed by atoms with Gasteiger partial charge < -0.3 is 19.6 Å². The molecule has 0 aliphatic carbocycles. The van der Waals surface area contributed by atoms with Crippen molar-refractivity contribution in [1.29, 1.82) is 0 Å². The van der Waals surface area contributed by atoms with Gasteiger partial charge in [0.05, 0.1) is 12.6 Å². The summed E-state index contributed by atoms with van der Waals surface area (Å²) in [7, 11) is 1.71. The van der Waals surface area contributed by atoms with Gasteiger partial charge in [0.15, 0.2) is 0 Å². The molecule has 1 atom stereocenters. The minimum Gasteiger partial charge on any atom is -0.480 e. The van der Waals surface area contributed by atoms with Crippen molar-refractivity contribution in [3.63, 3.8) is 0 Å². The van der Waals surface area contributed by atoms with Gasteiger partial charge in [-0.15, -0.1) is 0 Å². The van der Waals surface area contributed by atoms with Gasteiger partial charge in [0.1, 0.15) is 6.54 Å². The lowest BCUT2D eigenvalue weighted by atomic mass is 10.2. The van der Waals surface area contributed by atoms with E-state index in [9.17, 15) is 9.59 Å².